The van der Waals surface area contributed by atoms with E-state index in [-0.39, 0.29) is 29.9 Å². The first kappa shape index (κ1) is 21.4. The summed E-state index contributed by atoms with van der Waals surface area (Å²) >= 11 is 0. The zero-order valence-corrected chi connectivity index (χ0v) is 18.8. The van der Waals surface area contributed by atoms with Crippen molar-refractivity contribution in [2.45, 2.75) is 17.0 Å². The molecule has 2 amide bonds. The standard InChI is InChI=1S/C22H22N4O6S/c1-23-33(29,30)16-5-6-18-14(7-16)8-19(32-18)22(21(28)24-12-25-22)11-26-10-13-3-4-15(31-2)9-17(13)20(26)27/h3-9,23,25H,10-12H2,1-2H3,(H,24,28). The van der Waals surface area contributed by atoms with Gasteiger partial charge in [-0.05, 0) is 49.0 Å². The molecule has 2 aliphatic heterocycles. The highest BCUT2D eigenvalue weighted by atomic mass is 32.2. The average molecular weight is 471 g/mol. The number of methoxy groups -OCH3 is 1. The molecule has 0 aliphatic carbocycles. The number of nitrogens with one attached hydrogen (secondary N) is 3. The van der Waals surface area contributed by atoms with Crippen LogP contribution < -0.4 is 20.1 Å². The van der Waals surface area contributed by atoms with Crippen LogP contribution in [0, 0.1) is 0 Å². The van der Waals surface area contributed by atoms with E-state index < -0.39 is 15.6 Å². The van der Waals surface area contributed by atoms with Crippen LogP contribution in [0.4, 0.5) is 0 Å². The van der Waals surface area contributed by atoms with E-state index in [4.69, 9.17) is 9.15 Å². The van der Waals surface area contributed by atoms with Crippen LogP contribution in [0.5, 0.6) is 5.75 Å². The Balaban J connectivity index is 1.52. The number of carbonyl (C=O) groups is 2. The smallest absolute Gasteiger partial charge is 0.254 e. The molecular weight excluding hydrogens is 448 g/mol. The minimum absolute atomic E-state index is 0.0379. The third-order valence-corrected chi connectivity index (χ3v) is 7.55. The Morgan fingerprint density at radius 2 is 2.00 bits per heavy atom. The Bertz CT molecular complexity index is 1400. The van der Waals surface area contributed by atoms with Crippen molar-refractivity contribution in [3.8, 4) is 5.75 Å². The first-order valence-electron chi connectivity index (χ1n) is 10.2. The summed E-state index contributed by atoms with van der Waals surface area (Å²) in [4.78, 5) is 27.8. The van der Waals surface area contributed by atoms with Gasteiger partial charge in [-0.3, -0.25) is 14.9 Å². The van der Waals surface area contributed by atoms with Crippen LogP contribution in [0.15, 0.2) is 51.8 Å². The van der Waals surface area contributed by atoms with Crippen molar-refractivity contribution in [1.82, 2.24) is 20.3 Å². The monoisotopic (exact) mass is 470 g/mol. The van der Waals surface area contributed by atoms with Crippen LogP contribution in [0.2, 0.25) is 0 Å². The Labute approximate surface area is 189 Å². The van der Waals surface area contributed by atoms with Crippen LogP contribution in [0.3, 0.4) is 0 Å². The van der Waals surface area contributed by atoms with Gasteiger partial charge in [0.05, 0.1) is 25.2 Å². The van der Waals surface area contributed by atoms with Gasteiger partial charge in [-0.1, -0.05) is 6.07 Å². The summed E-state index contributed by atoms with van der Waals surface area (Å²) in [6.07, 6.45) is 0. The van der Waals surface area contributed by atoms with E-state index in [0.29, 0.717) is 34.6 Å². The number of benzene rings is 2. The predicted molar refractivity (Wildman–Crippen MR) is 118 cm³/mol. The van der Waals surface area contributed by atoms with E-state index in [1.54, 1.807) is 29.2 Å². The molecule has 0 radical (unpaired) electrons. The second-order valence-electron chi connectivity index (χ2n) is 7.97. The van der Waals surface area contributed by atoms with Crippen LogP contribution in [-0.4, -0.2) is 52.5 Å². The summed E-state index contributed by atoms with van der Waals surface area (Å²) in [6, 6.07) is 11.4. The fourth-order valence-electron chi connectivity index (χ4n) is 4.31. The van der Waals surface area contributed by atoms with Crippen LogP contribution >= 0.6 is 0 Å². The summed E-state index contributed by atoms with van der Waals surface area (Å²) in [5.41, 5.74) is 0.500. The molecular formula is C22H22N4O6S. The first-order valence-corrected chi connectivity index (χ1v) is 11.7. The van der Waals surface area contributed by atoms with Crippen molar-refractivity contribution >= 4 is 32.8 Å². The average Bonchev–Trinajstić information content (AvgIpc) is 3.49. The van der Waals surface area contributed by atoms with Gasteiger partial charge >= 0.3 is 0 Å². The lowest BCUT2D eigenvalue weighted by Gasteiger charge is -2.29. The lowest BCUT2D eigenvalue weighted by atomic mass is 9.95. The van der Waals surface area contributed by atoms with E-state index >= 15 is 0 Å². The van der Waals surface area contributed by atoms with Crippen LogP contribution in [-0.2, 0) is 26.9 Å². The Kier molecular flexibility index (Phi) is 4.92. The van der Waals surface area contributed by atoms with Crippen molar-refractivity contribution in [2.75, 3.05) is 27.4 Å². The molecule has 0 saturated carbocycles. The maximum absolute atomic E-state index is 13.1. The van der Waals surface area contributed by atoms with Crippen molar-refractivity contribution in [2.24, 2.45) is 0 Å². The molecule has 1 atom stereocenters. The van der Waals surface area contributed by atoms with Crippen molar-refractivity contribution in [3.05, 3.63) is 59.4 Å². The number of nitrogens with zero attached hydrogens (tertiary/aromatic N) is 1. The van der Waals surface area contributed by atoms with Crippen LogP contribution in [0.1, 0.15) is 21.7 Å². The predicted octanol–water partition coefficient (Wildman–Crippen LogP) is 0.878. The second kappa shape index (κ2) is 7.58. The van der Waals surface area contributed by atoms with E-state index in [0.717, 1.165) is 5.56 Å². The number of amides is 2. The number of rotatable bonds is 6. The van der Waals surface area contributed by atoms with Gasteiger partial charge in [0.1, 0.15) is 17.1 Å². The largest absolute Gasteiger partial charge is 0.497 e. The summed E-state index contributed by atoms with van der Waals surface area (Å²) in [5, 5.41) is 6.43. The molecule has 33 heavy (non-hydrogen) atoms. The molecule has 2 aromatic carbocycles. The lowest BCUT2D eigenvalue weighted by Crippen LogP contribution is -2.52. The normalized spacial score (nSPS) is 20.4. The number of hydrogen-bond donors (Lipinski definition) is 3. The minimum atomic E-state index is -3.64. The molecule has 0 spiro atoms. The molecule has 0 bridgehead atoms. The van der Waals surface area contributed by atoms with E-state index in [2.05, 4.69) is 15.4 Å². The van der Waals surface area contributed by atoms with Gasteiger partial charge in [0, 0.05) is 17.5 Å². The summed E-state index contributed by atoms with van der Waals surface area (Å²) in [6.45, 7) is 0.591. The molecule has 1 aromatic heterocycles. The molecule has 2 aliphatic rings. The number of hydrogen-bond acceptors (Lipinski definition) is 7. The fourth-order valence-corrected chi connectivity index (χ4v) is 5.07. The third kappa shape index (κ3) is 3.36. The summed E-state index contributed by atoms with van der Waals surface area (Å²) in [5.74, 6) is 0.349. The van der Waals surface area contributed by atoms with Gasteiger partial charge in [0.15, 0.2) is 5.54 Å². The van der Waals surface area contributed by atoms with E-state index in [9.17, 15) is 18.0 Å². The molecule has 5 rings (SSSR count). The molecule has 1 fully saturated rings. The highest BCUT2D eigenvalue weighted by molar-refractivity contribution is 7.89. The Morgan fingerprint density at radius 1 is 1.18 bits per heavy atom. The molecule has 3 heterocycles. The first-order chi connectivity index (χ1) is 15.8. The molecule has 3 aromatic rings. The topological polar surface area (TPSA) is 130 Å². The Morgan fingerprint density at radius 3 is 2.70 bits per heavy atom. The third-order valence-electron chi connectivity index (χ3n) is 6.14. The molecule has 1 unspecified atom stereocenters. The zero-order valence-electron chi connectivity index (χ0n) is 18.0. The van der Waals surface area contributed by atoms with Gasteiger partial charge in [-0.15, -0.1) is 0 Å². The maximum Gasteiger partial charge on any atom is 0.254 e. The number of fused-ring (bicyclic) bond motifs is 2. The molecule has 1 saturated heterocycles. The maximum atomic E-state index is 13.1. The fraction of sp³-hybridized carbons (Fsp3) is 0.273. The number of ether oxygens (including phenoxy) is 1. The van der Waals surface area contributed by atoms with E-state index in [1.165, 1.54) is 26.3 Å². The minimum Gasteiger partial charge on any atom is -0.497 e. The highest BCUT2D eigenvalue weighted by Gasteiger charge is 2.49. The van der Waals surface area contributed by atoms with Gasteiger partial charge < -0.3 is 19.4 Å². The quantitative estimate of drug-likeness (QED) is 0.488. The number of furan rings is 1. The Hall–Kier alpha value is -3.41. The van der Waals surface area contributed by atoms with Gasteiger partial charge in [0.2, 0.25) is 10.0 Å². The SMILES string of the molecule is CNS(=O)(=O)c1ccc2oc(C3(CN4Cc5ccc(OC)cc5C4=O)NCNC3=O)cc2c1. The van der Waals surface area contributed by atoms with Gasteiger partial charge in [0.25, 0.3) is 11.8 Å². The van der Waals surface area contributed by atoms with Crippen LogP contribution in [0.25, 0.3) is 11.0 Å². The van der Waals surface area contributed by atoms with Crippen molar-refractivity contribution in [1.29, 1.82) is 0 Å². The molecule has 11 heteroatoms. The zero-order chi connectivity index (χ0) is 23.4. The molecule has 10 nitrogen and oxygen atoms in total. The van der Waals surface area contributed by atoms with Crippen molar-refractivity contribution in [3.63, 3.8) is 0 Å². The number of sulfonamides is 1. The molecule has 3 N–H and O–H groups in total. The lowest BCUT2D eigenvalue weighted by molar-refractivity contribution is -0.125. The summed E-state index contributed by atoms with van der Waals surface area (Å²) in [7, 11) is -0.764. The van der Waals surface area contributed by atoms with Gasteiger partial charge in [-0.2, -0.15) is 0 Å². The number of carbonyl (C=O) groups excluding carboxylic acids is 2. The highest BCUT2D eigenvalue weighted by Crippen LogP contribution is 2.35. The summed E-state index contributed by atoms with van der Waals surface area (Å²) < 4.78 is 37.8. The van der Waals surface area contributed by atoms with Crippen molar-refractivity contribution < 1.29 is 27.2 Å². The van der Waals surface area contributed by atoms with Gasteiger partial charge in [-0.25, -0.2) is 13.1 Å². The second-order valence-corrected chi connectivity index (χ2v) is 9.85. The molecule has 172 valence electrons. The van der Waals surface area contributed by atoms with E-state index in [1.807, 2.05) is 6.07 Å².